The van der Waals surface area contributed by atoms with Gasteiger partial charge in [0.2, 0.25) is 0 Å². The zero-order chi connectivity index (χ0) is 21.1. The molecular formula is C25H31N3O2. The first-order valence-electron chi connectivity index (χ1n) is 10.9. The number of aryl methyl sites for hydroxylation is 2. The number of nitrogens with zero attached hydrogens (tertiary/aromatic N) is 2. The molecule has 0 aliphatic carbocycles. The monoisotopic (exact) mass is 405 g/mol. The number of hydrogen-bond acceptors (Lipinski definition) is 3. The molecule has 5 nitrogen and oxygen atoms in total. The Morgan fingerprint density at radius 2 is 1.53 bits per heavy atom. The molecule has 2 unspecified atom stereocenters. The lowest BCUT2D eigenvalue weighted by molar-refractivity contribution is 0.0772. The van der Waals surface area contributed by atoms with Crippen molar-refractivity contribution >= 4 is 11.8 Å². The molecule has 158 valence electrons. The molecule has 2 fully saturated rings. The lowest BCUT2D eigenvalue weighted by Gasteiger charge is -2.23. The van der Waals surface area contributed by atoms with E-state index in [2.05, 4.69) is 15.1 Å². The Labute approximate surface area is 179 Å². The smallest absolute Gasteiger partial charge is 0.254 e. The summed E-state index contributed by atoms with van der Waals surface area (Å²) in [7, 11) is 0. The number of likely N-dealkylation sites (tertiary alicyclic amines) is 2. The third kappa shape index (κ3) is 4.41. The van der Waals surface area contributed by atoms with Crippen LogP contribution in [0.4, 0.5) is 0 Å². The highest BCUT2D eigenvalue weighted by molar-refractivity contribution is 5.97. The first-order chi connectivity index (χ1) is 14.5. The number of carbonyl (C=O) groups is 2. The maximum absolute atomic E-state index is 13.1. The number of amides is 2. The lowest BCUT2D eigenvalue weighted by atomic mass is 10.0. The number of carbonyl (C=O) groups excluding carboxylic acids is 2. The van der Waals surface area contributed by atoms with Crippen molar-refractivity contribution in [2.75, 3.05) is 39.3 Å². The molecule has 2 saturated heterocycles. The van der Waals surface area contributed by atoms with E-state index in [0.29, 0.717) is 23.9 Å². The van der Waals surface area contributed by atoms with Gasteiger partial charge in [-0.15, -0.1) is 0 Å². The van der Waals surface area contributed by atoms with Crippen molar-refractivity contribution < 1.29 is 9.59 Å². The van der Waals surface area contributed by atoms with E-state index in [0.717, 1.165) is 55.8 Å². The fourth-order valence-electron chi connectivity index (χ4n) is 4.94. The molecule has 2 aliphatic rings. The number of nitrogens with one attached hydrogen (secondary N) is 1. The van der Waals surface area contributed by atoms with E-state index in [1.165, 1.54) is 0 Å². The van der Waals surface area contributed by atoms with Gasteiger partial charge in [0, 0.05) is 43.9 Å². The second-order valence-corrected chi connectivity index (χ2v) is 8.73. The van der Waals surface area contributed by atoms with Crippen LogP contribution in [0.25, 0.3) is 0 Å². The minimum atomic E-state index is -0.00505. The standard InChI is InChI=1S/C25H31N3O2/c1-18-8-6-9-19(2)23(18)25(30)28-16-21-14-27(15-22(21)17-28)13-7-12-26-24(29)20-10-4-3-5-11-20/h3-6,8-11,21-22H,7,12-17H2,1-2H3,(H,26,29). The highest BCUT2D eigenvalue weighted by Gasteiger charge is 2.41. The number of rotatable bonds is 6. The molecular weight excluding hydrogens is 374 g/mol. The molecule has 30 heavy (non-hydrogen) atoms. The van der Waals surface area contributed by atoms with Gasteiger partial charge in [0.05, 0.1) is 0 Å². The molecule has 2 aromatic rings. The average molecular weight is 406 g/mol. The first-order valence-corrected chi connectivity index (χ1v) is 10.9. The topological polar surface area (TPSA) is 52.7 Å². The number of hydrogen-bond donors (Lipinski definition) is 1. The molecule has 2 atom stereocenters. The minimum Gasteiger partial charge on any atom is -0.352 e. The molecule has 2 aliphatic heterocycles. The summed E-state index contributed by atoms with van der Waals surface area (Å²) in [6, 6.07) is 15.4. The zero-order valence-corrected chi connectivity index (χ0v) is 17.9. The SMILES string of the molecule is Cc1cccc(C)c1C(=O)N1CC2CN(CCCNC(=O)c3ccccc3)CC2C1. The second-order valence-electron chi connectivity index (χ2n) is 8.73. The molecule has 2 amide bonds. The van der Waals surface area contributed by atoms with Gasteiger partial charge in [-0.05, 0) is 61.9 Å². The number of fused-ring (bicyclic) bond motifs is 1. The lowest BCUT2D eigenvalue weighted by Crippen LogP contribution is -2.35. The molecule has 4 rings (SSSR count). The van der Waals surface area contributed by atoms with Gasteiger partial charge in [-0.25, -0.2) is 0 Å². The van der Waals surface area contributed by atoms with E-state index < -0.39 is 0 Å². The fourth-order valence-corrected chi connectivity index (χ4v) is 4.94. The summed E-state index contributed by atoms with van der Waals surface area (Å²) in [6.07, 6.45) is 0.947. The van der Waals surface area contributed by atoms with E-state index >= 15 is 0 Å². The molecule has 2 aromatic carbocycles. The molecule has 0 saturated carbocycles. The van der Waals surface area contributed by atoms with Gasteiger partial charge < -0.3 is 15.1 Å². The van der Waals surface area contributed by atoms with Gasteiger partial charge in [-0.2, -0.15) is 0 Å². The van der Waals surface area contributed by atoms with Gasteiger partial charge >= 0.3 is 0 Å². The number of benzene rings is 2. The summed E-state index contributed by atoms with van der Waals surface area (Å²) >= 11 is 0. The summed E-state index contributed by atoms with van der Waals surface area (Å²) in [4.78, 5) is 29.7. The summed E-state index contributed by atoms with van der Waals surface area (Å²) < 4.78 is 0. The van der Waals surface area contributed by atoms with Crippen LogP contribution in [0.2, 0.25) is 0 Å². The van der Waals surface area contributed by atoms with Gasteiger partial charge in [0.25, 0.3) is 11.8 Å². The van der Waals surface area contributed by atoms with Gasteiger partial charge in [0.15, 0.2) is 0 Å². The van der Waals surface area contributed by atoms with E-state index in [1.807, 2.05) is 62.4 Å². The predicted octanol–water partition coefficient (Wildman–Crippen LogP) is 3.13. The van der Waals surface area contributed by atoms with E-state index in [9.17, 15) is 9.59 Å². The van der Waals surface area contributed by atoms with Crippen LogP contribution in [0, 0.1) is 25.7 Å². The average Bonchev–Trinajstić information content (AvgIpc) is 3.30. The van der Waals surface area contributed by atoms with Crippen molar-refractivity contribution in [3.05, 3.63) is 70.8 Å². The molecule has 0 spiro atoms. The Balaban J connectivity index is 1.21. The Kier molecular flexibility index (Phi) is 6.18. The Morgan fingerprint density at radius 1 is 0.900 bits per heavy atom. The van der Waals surface area contributed by atoms with Crippen molar-refractivity contribution in [2.24, 2.45) is 11.8 Å². The Morgan fingerprint density at radius 3 is 2.17 bits per heavy atom. The van der Waals surface area contributed by atoms with Crippen LogP contribution in [0.15, 0.2) is 48.5 Å². The third-order valence-electron chi connectivity index (χ3n) is 6.52. The van der Waals surface area contributed by atoms with Crippen LogP contribution in [-0.2, 0) is 0 Å². The molecule has 2 heterocycles. The summed E-state index contributed by atoms with van der Waals surface area (Å²) in [5.41, 5.74) is 3.72. The van der Waals surface area contributed by atoms with Gasteiger partial charge in [0.1, 0.15) is 0 Å². The zero-order valence-electron chi connectivity index (χ0n) is 17.9. The summed E-state index contributed by atoms with van der Waals surface area (Å²) in [5.74, 6) is 1.32. The van der Waals surface area contributed by atoms with Crippen LogP contribution in [-0.4, -0.2) is 60.9 Å². The molecule has 0 bridgehead atoms. The van der Waals surface area contributed by atoms with Crippen LogP contribution in [0.3, 0.4) is 0 Å². The normalized spacial score (nSPS) is 20.9. The van der Waals surface area contributed by atoms with E-state index in [1.54, 1.807) is 0 Å². The predicted molar refractivity (Wildman–Crippen MR) is 119 cm³/mol. The van der Waals surface area contributed by atoms with Crippen LogP contribution in [0.5, 0.6) is 0 Å². The Hall–Kier alpha value is -2.66. The minimum absolute atomic E-state index is 0.00505. The largest absolute Gasteiger partial charge is 0.352 e. The second kappa shape index (κ2) is 9.00. The van der Waals surface area contributed by atoms with Crippen molar-refractivity contribution in [1.82, 2.24) is 15.1 Å². The van der Waals surface area contributed by atoms with Crippen molar-refractivity contribution in [1.29, 1.82) is 0 Å². The van der Waals surface area contributed by atoms with Gasteiger partial charge in [-0.1, -0.05) is 36.4 Å². The maximum atomic E-state index is 13.1. The van der Waals surface area contributed by atoms with Crippen LogP contribution in [0.1, 0.15) is 38.3 Å². The van der Waals surface area contributed by atoms with Crippen molar-refractivity contribution in [3.8, 4) is 0 Å². The summed E-state index contributed by atoms with van der Waals surface area (Å²) in [6.45, 7) is 9.55. The maximum Gasteiger partial charge on any atom is 0.254 e. The van der Waals surface area contributed by atoms with Crippen LogP contribution >= 0.6 is 0 Å². The highest BCUT2D eigenvalue weighted by atomic mass is 16.2. The molecule has 5 heteroatoms. The highest BCUT2D eigenvalue weighted by Crippen LogP contribution is 2.32. The third-order valence-corrected chi connectivity index (χ3v) is 6.52. The fraction of sp³-hybridized carbons (Fsp3) is 0.440. The molecule has 0 radical (unpaired) electrons. The first kappa shape index (κ1) is 20.6. The van der Waals surface area contributed by atoms with E-state index in [4.69, 9.17) is 0 Å². The quantitative estimate of drug-likeness (QED) is 0.752. The molecule has 0 aromatic heterocycles. The van der Waals surface area contributed by atoms with E-state index in [-0.39, 0.29) is 11.8 Å². The van der Waals surface area contributed by atoms with Gasteiger partial charge in [-0.3, -0.25) is 9.59 Å². The van der Waals surface area contributed by atoms with Crippen molar-refractivity contribution in [3.63, 3.8) is 0 Å². The molecule has 1 N–H and O–H groups in total. The summed E-state index contributed by atoms with van der Waals surface area (Å²) in [5, 5.41) is 3.01. The van der Waals surface area contributed by atoms with Crippen molar-refractivity contribution in [2.45, 2.75) is 20.3 Å². The van der Waals surface area contributed by atoms with Crippen LogP contribution < -0.4 is 5.32 Å². The Bertz CT molecular complexity index is 878.